The van der Waals surface area contributed by atoms with E-state index in [1.165, 1.54) is 0 Å². The van der Waals surface area contributed by atoms with E-state index < -0.39 is 0 Å². The van der Waals surface area contributed by atoms with Crippen LogP contribution in [-0.2, 0) is 19.7 Å². The summed E-state index contributed by atoms with van der Waals surface area (Å²) in [6.45, 7) is 2.83. The van der Waals surface area contributed by atoms with Gasteiger partial charge in [0, 0.05) is 19.6 Å². The van der Waals surface area contributed by atoms with E-state index in [2.05, 4.69) is 14.9 Å². The van der Waals surface area contributed by atoms with Crippen LogP contribution in [0.15, 0.2) is 6.33 Å². The molecule has 1 aromatic heterocycles. The fraction of sp³-hybridized carbons (Fsp3) is 0.571. The van der Waals surface area contributed by atoms with Gasteiger partial charge < -0.3 is 15.0 Å². The molecule has 0 spiro atoms. The first-order chi connectivity index (χ1) is 5.42. The molecule has 0 fully saturated rings. The number of rotatable bonds is 1. The second-order valence-electron chi connectivity index (χ2n) is 2.67. The summed E-state index contributed by atoms with van der Waals surface area (Å²) >= 11 is 0. The van der Waals surface area contributed by atoms with Crippen LogP contribution in [0.5, 0.6) is 0 Å². The number of fused-ring (bicyclic) bond motifs is 1. The summed E-state index contributed by atoms with van der Waals surface area (Å²) in [7, 11) is 0. The van der Waals surface area contributed by atoms with Crippen molar-refractivity contribution in [2.24, 2.45) is 0 Å². The lowest BCUT2D eigenvalue weighted by atomic mass is 10.3. The summed E-state index contributed by atoms with van der Waals surface area (Å²) < 4.78 is 2.09. The van der Waals surface area contributed by atoms with Crippen molar-refractivity contribution < 1.29 is 5.11 Å². The maximum atomic E-state index is 8.88. The van der Waals surface area contributed by atoms with Crippen molar-refractivity contribution in [2.45, 2.75) is 19.7 Å². The van der Waals surface area contributed by atoms with Crippen molar-refractivity contribution in [2.75, 3.05) is 6.54 Å². The number of aromatic nitrogens is 2. The predicted molar refractivity (Wildman–Crippen MR) is 47.1 cm³/mol. The van der Waals surface area contributed by atoms with E-state index >= 15 is 0 Å². The Morgan fingerprint density at radius 1 is 1.67 bits per heavy atom. The van der Waals surface area contributed by atoms with E-state index in [0.717, 1.165) is 31.0 Å². The molecule has 68 valence electrons. The van der Waals surface area contributed by atoms with Gasteiger partial charge in [0.2, 0.25) is 0 Å². The molecule has 2 N–H and O–H groups in total. The minimum absolute atomic E-state index is 0. The Morgan fingerprint density at radius 2 is 2.50 bits per heavy atom. The Balaban J connectivity index is 0.000000720. The number of imidazole rings is 1. The van der Waals surface area contributed by atoms with Gasteiger partial charge in [-0.1, -0.05) is 0 Å². The number of hydrogen-bond acceptors (Lipinski definition) is 3. The number of aliphatic hydroxyl groups excluding tert-OH is 1. The van der Waals surface area contributed by atoms with E-state index in [1.54, 1.807) is 6.33 Å². The van der Waals surface area contributed by atoms with Crippen LogP contribution in [0.2, 0.25) is 0 Å². The molecular weight excluding hydrogens is 178 g/mol. The van der Waals surface area contributed by atoms with Crippen LogP contribution in [0.25, 0.3) is 0 Å². The minimum atomic E-state index is 0. The van der Waals surface area contributed by atoms with Gasteiger partial charge in [0.05, 0.1) is 24.3 Å². The van der Waals surface area contributed by atoms with Crippen molar-refractivity contribution in [3.05, 3.63) is 17.7 Å². The van der Waals surface area contributed by atoms with Gasteiger partial charge in [0.25, 0.3) is 0 Å². The SMILES string of the molecule is Cl.OCc1ncn2c1CNCC2. The molecule has 0 aliphatic carbocycles. The van der Waals surface area contributed by atoms with Crippen LogP contribution in [0.4, 0.5) is 0 Å². The fourth-order valence-electron chi connectivity index (χ4n) is 1.38. The molecule has 0 aromatic carbocycles. The van der Waals surface area contributed by atoms with Gasteiger partial charge in [-0.3, -0.25) is 0 Å². The van der Waals surface area contributed by atoms with Crippen molar-refractivity contribution >= 4 is 12.4 Å². The smallest absolute Gasteiger partial charge is 0.0953 e. The predicted octanol–water partition coefficient (Wildman–Crippen LogP) is -0.0996. The van der Waals surface area contributed by atoms with Gasteiger partial charge >= 0.3 is 0 Å². The van der Waals surface area contributed by atoms with Crippen molar-refractivity contribution in [3.8, 4) is 0 Å². The Hall–Kier alpha value is -0.580. The molecule has 5 heteroatoms. The first-order valence-electron chi connectivity index (χ1n) is 3.76. The van der Waals surface area contributed by atoms with E-state index in [1.807, 2.05) is 0 Å². The van der Waals surface area contributed by atoms with Crippen molar-refractivity contribution in [3.63, 3.8) is 0 Å². The molecule has 1 aliphatic heterocycles. The lowest BCUT2D eigenvalue weighted by Gasteiger charge is -2.15. The molecular formula is C7H12ClN3O. The monoisotopic (exact) mass is 189 g/mol. The molecule has 0 saturated carbocycles. The third kappa shape index (κ3) is 1.46. The van der Waals surface area contributed by atoms with Gasteiger partial charge in [-0.25, -0.2) is 4.98 Å². The highest BCUT2D eigenvalue weighted by atomic mass is 35.5. The van der Waals surface area contributed by atoms with E-state index in [-0.39, 0.29) is 19.0 Å². The summed E-state index contributed by atoms with van der Waals surface area (Å²) in [5.41, 5.74) is 1.93. The highest BCUT2D eigenvalue weighted by molar-refractivity contribution is 5.85. The summed E-state index contributed by atoms with van der Waals surface area (Å²) in [6.07, 6.45) is 1.79. The summed E-state index contributed by atoms with van der Waals surface area (Å²) in [5.74, 6) is 0. The maximum absolute atomic E-state index is 8.88. The van der Waals surface area contributed by atoms with Crippen LogP contribution >= 0.6 is 12.4 Å². The standard InChI is InChI=1S/C7H11N3O.ClH/c11-4-6-7-3-8-1-2-10(7)5-9-6;/h5,8,11H,1-4H2;1H. The number of halogens is 1. The zero-order chi connectivity index (χ0) is 7.68. The van der Waals surface area contributed by atoms with Gasteiger partial charge in [-0.2, -0.15) is 0 Å². The molecule has 12 heavy (non-hydrogen) atoms. The molecule has 0 amide bonds. The van der Waals surface area contributed by atoms with Gasteiger partial charge in [-0.15, -0.1) is 12.4 Å². The lowest BCUT2D eigenvalue weighted by Crippen LogP contribution is -2.28. The van der Waals surface area contributed by atoms with Crippen molar-refractivity contribution in [1.82, 2.24) is 14.9 Å². The van der Waals surface area contributed by atoms with Crippen LogP contribution in [0.1, 0.15) is 11.4 Å². The molecule has 2 heterocycles. The molecule has 1 aliphatic rings. The largest absolute Gasteiger partial charge is 0.390 e. The molecule has 4 nitrogen and oxygen atoms in total. The molecule has 0 unspecified atom stereocenters. The Labute approximate surface area is 77.0 Å². The average Bonchev–Trinajstić information content (AvgIpc) is 2.47. The fourth-order valence-corrected chi connectivity index (χ4v) is 1.38. The zero-order valence-electron chi connectivity index (χ0n) is 6.66. The molecule has 0 atom stereocenters. The van der Waals surface area contributed by atoms with Crippen LogP contribution in [0.3, 0.4) is 0 Å². The molecule has 1 aromatic rings. The summed E-state index contributed by atoms with van der Waals surface area (Å²) in [5, 5.41) is 12.1. The van der Waals surface area contributed by atoms with Crippen LogP contribution in [0, 0.1) is 0 Å². The highest BCUT2D eigenvalue weighted by Crippen LogP contribution is 2.09. The minimum Gasteiger partial charge on any atom is -0.390 e. The number of nitrogens with one attached hydrogen (secondary N) is 1. The van der Waals surface area contributed by atoms with Crippen molar-refractivity contribution in [1.29, 1.82) is 0 Å². The third-order valence-corrected chi connectivity index (χ3v) is 2.00. The second-order valence-corrected chi connectivity index (χ2v) is 2.67. The van der Waals surface area contributed by atoms with E-state index in [9.17, 15) is 0 Å². The average molecular weight is 190 g/mol. The maximum Gasteiger partial charge on any atom is 0.0953 e. The van der Waals surface area contributed by atoms with Crippen LogP contribution < -0.4 is 5.32 Å². The first-order valence-corrected chi connectivity index (χ1v) is 3.76. The zero-order valence-corrected chi connectivity index (χ0v) is 7.47. The number of aliphatic hydroxyl groups is 1. The first kappa shape index (κ1) is 9.51. The summed E-state index contributed by atoms with van der Waals surface area (Å²) in [4.78, 5) is 4.09. The number of nitrogens with zero attached hydrogens (tertiary/aromatic N) is 2. The molecule has 0 saturated heterocycles. The molecule has 0 bridgehead atoms. The number of hydrogen-bond donors (Lipinski definition) is 2. The highest BCUT2D eigenvalue weighted by Gasteiger charge is 2.12. The summed E-state index contributed by atoms with van der Waals surface area (Å²) in [6, 6.07) is 0. The topological polar surface area (TPSA) is 50.1 Å². The van der Waals surface area contributed by atoms with Gasteiger partial charge in [-0.05, 0) is 0 Å². The van der Waals surface area contributed by atoms with E-state index in [4.69, 9.17) is 5.11 Å². The van der Waals surface area contributed by atoms with Crippen LogP contribution in [-0.4, -0.2) is 21.2 Å². The van der Waals surface area contributed by atoms with Gasteiger partial charge in [0.1, 0.15) is 0 Å². The Morgan fingerprint density at radius 3 is 3.25 bits per heavy atom. The van der Waals surface area contributed by atoms with E-state index in [0.29, 0.717) is 0 Å². The Bertz CT molecular complexity index is 248. The quantitative estimate of drug-likeness (QED) is 0.649. The molecule has 0 radical (unpaired) electrons. The third-order valence-electron chi connectivity index (χ3n) is 2.00. The Kier molecular flexibility index (Phi) is 3.08. The normalized spacial score (nSPS) is 15.1. The van der Waals surface area contributed by atoms with Gasteiger partial charge in [0.15, 0.2) is 0 Å². The molecule has 2 rings (SSSR count). The second kappa shape index (κ2) is 3.89. The lowest BCUT2D eigenvalue weighted by molar-refractivity contribution is 0.275.